The van der Waals surface area contributed by atoms with E-state index >= 15 is 0 Å². The fraction of sp³-hybridized carbons (Fsp3) is 0.588. The first-order valence-corrected chi connectivity index (χ1v) is 9.45. The van der Waals surface area contributed by atoms with E-state index in [9.17, 15) is 13.2 Å². The van der Waals surface area contributed by atoms with E-state index in [0.717, 1.165) is 42.1 Å². The zero-order valence-electron chi connectivity index (χ0n) is 14.6. The van der Waals surface area contributed by atoms with Gasteiger partial charge >= 0.3 is 6.18 Å². The summed E-state index contributed by atoms with van der Waals surface area (Å²) in [7, 11) is 0. The van der Waals surface area contributed by atoms with E-state index in [1.54, 1.807) is 0 Å². The first-order valence-electron chi connectivity index (χ1n) is 8.67. The Hall–Kier alpha value is -1.74. The van der Waals surface area contributed by atoms with Gasteiger partial charge in [-0.05, 0) is 18.1 Å². The molecule has 140 valence electrons. The molecular weight excluding hydrogens is 363 g/mol. The van der Waals surface area contributed by atoms with E-state index in [0.29, 0.717) is 24.5 Å². The van der Waals surface area contributed by atoms with Crippen molar-refractivity contribution in [2.24, 2.45) is 0 Å². The molecule has 2 bridgehead atoms. The average molecular weight is 383 g/mol. The molecule has 4 heterocycles. The Balaban J connectivity index is 1.39. The van der Waals surface area contributed by atoms with Gasteiger partial charge in [0.05, 0.1) is 0 Å². The number of piperazine rings is 1. The van der Waals surface area contributed by atoms with Crippen LogP contribution in [0.3, 0.4) is 0 Å². The number of nitrogens with zero attached hydrogens (tertiary/aromatic N) is 5. The second kappa shape index (κ2) is 6.45. The van der Waals surface area contributed by atoms with Crippen molar-refractivity contribution in [2.75, 3.05) is 18.0 Å². The highest BCUT2D eigenvalue weighted by atomic mass is 32.1. The normalized spacial score (nSPS) is 23.4. The quantitative estimate of drug-likeness (QED) is 0.808. The number of rotatable bonds is 4. The van der Waals surface area contributed by atoms with Gasteiger partial charge in [-0.25, -0.2) is 4.98 Å². The molecule has 0 aromatic carbocycles. The van der Waals surface area contributed by atoms with Crippen LogP contribution in [0.4, 0.5) is 18.3 Å². The third-order valence-corrected chi connectivity index (χ3v) is 5.82. The number of alkyl halides is 3. The highest BCUT2D eigenvalue weighted by Gasteiger charge is 2.44. The number of aromatic nitrogens is 3. The van der Waals surface area contributed by atoms with Crippen LogP contribution in [0.25, 0.3) is 0 Å². The summed E-state index contributed by atoms with van der Waals surface area (Å²) >= 11 is 1.45. The van der Waals surface area contributed by atoms with Crippen molar-refractivity contribution in [3.05, 3.63) is 35.4 Å². The summed E-state index contributed by atoms with van der Waals surface area (Å²) in [4.78, 5) is 12.9. The van der Waals surface area contributed by atoms with Crippen LogP contribution in [0.5, 0.6) is 0 Å². The molecule has 9 heteroatoms. The van der Waals surface area contributed by atoms with Gasteiger partial charge in [-0.15, -0.1) is 0 Å². The highest BCUT2D eigenvalue weighted by Crippen LogP contribution is 2.36. The van der Waals surface area contributed by atoms with Crippen LogP contribution in [-0.2, 0) is 12.7 Å². The highest BCUT2D eigenvalue weighted by molar-refractivity contribution is 7.09. The maximum atomic E-state index is 12.6. The fourth-order valence-electron chi connectivity index (χ4n) is 3.68. The number of anilines is 1. The topological polar surface area (TPSA) is 45.2 Å². The molecule has 5 nitrogen and oxygen atoms in total. The molecule has 0 spiro atoms. The Morgan fingerprint density at radius 1 is 1.23 bits per heavy atom. The molecule has 0 N–H and O–H groups in total. The second-order valence-electron chi connectivity index (χ2n) is 7.26. The maximum Gasteiger partial charge on any atom is 0.433 e. The average Bonchev–Trinajstić information content (AvgIpc) is 3.29. The van der Waals surface area contributed by atoms with Crippen molar-refractivity contribution in [2.45, 2.75) is 51.0 Å². The lowest BCUT2D eigenvalue weighted by atomic mass is 10.2. The number of hydrogen-bond acceptors (Lipinski definition) is 6. The van der Waals surface area contributed by atoms with Crippen LogP contribution in [-0.4, -0.2) is 44.4 Å². The summed E-state index contributed by atoms with van der Waals surface area (Å²) in [6, 6.07) is 3.38. The summed E-state index contributed by atoms with van der Waals surface area (Å²) in [6.45, 7) is 6.59. The van der Waals surface area contributed by atoms with Crippen molar-refractivity contribution in [1.29, 1.82) is 0 Å². The summed E-state index contributed by atoms with van der Waals surface area (Å²) in [5, 5.41) is 0.983. The minimum absolute atomic E-state index is 0.323. The van der Waals surface area contributed by atoms with E-state index in [1.807, 2.05) is 0 Å². The summed E-state index contributed by atoms with van der Waals surface area (Å²) in [5.41, 5.74) is -0.0253. The zero-order chi connectivity index (χ0) is 18.5. The molecule has 2 atom stereocenters. The molecule has 2 fully saturated rings. The van der Waals surface area contributed by atoms with Crippen molar-refractivity contribution < 1.29 is 13.2 Å². The Kier molecular flexibility index (Phi) is 4.38. The van der Waals surface area contributed by atoms with Gasteiger partial charge in [0.2, 0.25) is 5.13 Å². The van der Waals surface area contributed by atoms with Gasteiger partial charge in [-0.1, -0.05) is 19.9 Å². The van der Waals surface area contributed by atoms with Crippen LogP contribution in [0, 0.1) is 0 Å². The minimum atomic E-state index is -4.39. The van der Waals surface area contributed by atoms with Crippen molar-refractivity contribution in [1.82, 2.24) is 19.2 Å². The molecule has 2 saturated heterocycles. The van der Waals surface area contributed by atoms with Crippen LogP contribution in [0.15, 0.2) is 18.3 Å². The lowest BCUT2D eigenvalue weighted by molar-refractivity contribution is -0.141. The van der Waals surface area contributed by atoms with Crippen molar-refractivity contribution in [3.63, 3.8) is 0 Å². The van der Waals surface area contributed by atoms with E-state index in [1.165, 1.54) is 23.8 Å². The fourth-order valence-corrected chi connectivity index (χ4v) is 4.56. The number of halogens is 3. The van der Waals surface area contributed by atoms with Gasteiger partial charge in [-0.3, -0.25) is 9.88 Å². The monoisotopic (exact) mass is 383 g/mol. The standard InChI is InChI=1S/C17H20F3N5S/c1-10(2)15-22-16(26-23-15)25-9-12-5-13(25)8-24(12)7-11-3-4-14(21-6-11)17(18,19)20/h3-4,6,10,12-13H,5,7-9H2,1-2H3. The Bertz CT molecular complexity index is 773. The molecule has 4 rings (SSSR count). The smallest absolute Gasteiger partial charge is 0.341 e. The Morgan fingerprint density at radius 2 is 2.04 bits per heavy atom. The largest absolute Gasteiger partial charge is 0.433 e. The van der Waals surface area contributed by atoms with Crippen LogP contribution in [0.1, 0.15) is 43.3 Å². The van der Waals surface area contributed by atoms with Gasteiger partial charge in [0.1, 0.15) is 11.5 Å². The van der Waals surface area contributed by atoms with Crippen LogP contribution in [0.2, 0.25) is 0 Å². The molecule has 0 saturated carbocycles. The lowest BCUT2D eigenvalue weighted by Gasteiger charge is -2.33. The van der Waals surface area contributed by atoms with Gasteiger partial charge in [0.15, 0.2) is 0 Å². The predicted octanol–water partition coefficient (Wildman–Crippen LogP) is 3.54. The van der Waals surface area contributed by atoms with E-state index < -0.39 is 11.9 Å². The van der Waals surface area contributed by atoms with Gasteiger partial charge in [-0.2, -0.15) is 17.5 Å². The molecule has 2 aliphatic heterocycles. The van der Waals surface area contributed by atoms with Gasteiger partial charge in [0, 0.05) is 55.4 Å². The predicted molar refractivity (Wildman–Crippen MR) is 93.2 cm³/mol. The molecular formula is C17H20F3N5S. The SMILES string of the molecule is CC(C)c1nsc(N2CC3CC2CN3Cc2ccc(C(F)(F)F)nc2)n1. The summed E-state index contributed by atoms with van der Waals surface area (Å²) < 4.78 is 42.3. The van der Waals surface area contributed by atoms with Crippen molar-refractivity contribution in [3.8, 4) is 0 Å². The third kappa shape index (κ3) is 3.29. The zero-order valence-corrected chi connectivity index (χ0v) is 15.4. The molecule has 0 amide bonds. The first-order chi connectivity index (χ1) is 12.3. The van der Waals surface area contributed by atoms with Crippen LogP contribution >= 0.6 is 11.5 Å². The Labute approximate surface area is 154 Å². The molecule has 2 unspecified atom stereocenters. The minimum Gasteiger partial charge on any atom is -0.341 e. The van der Waals surface area contributed by atoms with Gasteiger partial charge in [0.25, 0.3) is 0 Å². The molecule has 2 aromatic rings. The molecule has 26 heavy (non-hydrogen) atoms. The Morgan fingerprint density at radius 3 is 2.58 bits per heavy atom. The number of pyridine rings is 1. The molecule has 0 radical (unpaired) electrons. The lowest BCUT2D eigenvalue weighted by Crippen LogP contribution is -2.46. The van der Waals surface area contributed by atoms with E-state index in [-0.39, 0.29) is 0 Å². The second-order valence-corrected chi connectivity index (χ2v) is 7.99. The molecule has 2 aliphatic rings. The summed E-state index contributed by atoms with van der Waals surface area (Å²) in [5.74, 6) is 1.21. The number of fused-ring (bicyclic) bond motifs is 2. The number of hydrogen-bond donors (Lipinski definition) is 0. The van der Waals surface area contributed by atoms with Gasteiger partial charge < -0.3 is 4.90 Å². The van der Waals surface area contributed by atoms with Crippen molar-refractivity contribution >= 4 is 16.7 Å². The van der Waals surface area contributed by atoms with Crippen LogP contribution < -0.4 is 4.90 Å². The van der Waals surface area contributed by atoms with E-state index in [4.69, 9.17) is 0 Å². The molecule has 2 aromatic heterocycles. The number of likely N-dealkylation sites (tertiary alicyclic amines) is 1. The maximum absolute atomic E-state index is 12.6. The molecule has 0 aliphatic carbocycles. The third-order valence-electron chi connectivity index (χ3n) is 5.05. The van der Waals surface area contributed by atoms with E-state index in [2.05, 4.69) is 38.0 Å². The first kappa shape index (κ1) is 17.7. The summed E-state index contributed by atoms with van der Waals surface area (Å²) in [6.07, 6.45) is -1.99.